The topological polar surface area (TPSA) is 29.1 Å². The molecule has 0 radical (unpaired) electrons. The molecule has 0 spiro atoms. The minimum absolute atomic E-state index is 0.0926. The van der Waals surface area contributed by atoms with Gasteiger partial charge in [0, 0.05) is 13.0 Å². The number of hydrogen-bond donors (Lipinski definition) is 1. The Kier molecular flexibility index (Phi) is 1.91. The van der Waals surface area contributed by atoms with Crippen molar-refractivity contribution in [1.29, 1.82) is 0 Å². The van der Waals surface area contributed by atoms with Crippen molar-refractivity contribution in [2.75, 3.05) is 12.8 Å². The molecule has 2 nitrogen and oxygen atoms in total. The quantitative estimate of drug-likeness (QED) is 0.552. The van der Waals surface area contributed by atoms with Gasteiger partial charge in [-0.1, -0.05) is 0 Å². The number of carbonyl (C=O) groups excluding carboxylic acids is 1. The third-order valence-electron chi connectivity index (χ3n) is 1.23. The number of rotatable bonds is 1. The zero-order chi connectivity index (χ0) is 5.98. The molecule has 0 aromatic heterocycles. The zero-order valence-corrected chi connectivity index (χ0v) is 5.62. The highest BCUT2D eigenvalue weighted by atomic mass is 32.2. The van der Waals surface area contributed by atoms with E-state index < -0.39 is 0 Å². The largest absolute Gasteiger partial charge is 0.299 e. The number of ketones is 1. The Balaban J connectivity index is 2.42. The van der Waals surface area contributed by atoms with E-state index in [1.165, 1.54) is 0 Å². The molecule has 1 N–H and O–H groups in total. The van der Waals surface area contributed by atoms with Crippen LogP contribution in [0.2, 0.25) is 0 Å². The number of hydrogen-bond acceptors (Lipinski definition) is 3. The summed E-state index contributed by atoms with van der Waals surface area (Å²) in [6.45, 7) is 0.865. The molecule has 0 amide bonds. The average molecular weight is 131 g/mol. The Morgan fingerprint density at radius 3 is 2.88 bits per heavy atom. The van der Waals surface area contributed by atoms with Crippen LogP contribution in [0.1, 0.15) is 6.42 Å². The lowest BCUT2D eigenvalue weighted by Gasteiger charge is -2.00. The van der Waals surface area contributed by atoms with Crippen LogP contribution < -0.4 is 5.32 Å². The molecule has 3 heteroatoms. The molecule has 8 heavy (non-hydrogen) atoms. The predicted octanol–water partition coefficient (Wildman–Crippen LogP) is 0.238. The first-order chi connectivity index (χ1) is 3.84. The smallest absolute Gasteiger partial charge is 0.161 e. The highest BCUT2D eigenvalue weighted by Gasteiger charge is 2.21. The second kappa shape index (κ2) is 2.51. The monoisotopic (exact) mass is 131 g/mol. The summed E-state index contributed by atoms with van der Waals surface area (Å²) < 4.78 is 0. The van der Waals surface area contributed by atoms with Gasteiger partial charge in [-0.25, -0.2) is 0 Å². The van der Waals surface area contributed by atoms with Gasteiger partial charge in [0.2, 0.25) is 0 Å². The maximum atomic E-state index is 10.7. The van der Waals surface area contributed by atoms with Gasteiger partial charge >= 0.3 is 0 Å². The van der Waals surface area contributed by atoms with Crippen LogP contribution in [0, 0.1) is 0 Å². The number of nitrogens with one attached hydrogen (secondary N) is 1. The first-order valence-corrected chi connectivity index (χ1v) is 3.92. The fraction of sp³-hybridized carbons (Fsp3) is 0.800. The van der Waals surface area contributed by atoms with Crippen LogP contribution in [0.5, 0.6) is 0 Å². The van der Waals surface area contributed by atoms with Gasteiger partial charge in [0.1, 0.15) is 5.37 Å². The van der Waals surface area contributed by atoms with Gasteiger partial charge in [0.15, 0.2) is 5.78 Å². The minimum Gasteiger partial charge on any atom is -0.299 e. The van der Waals surface area contributed by atoms with Crippen molar-refractivity contribution < 1.29 is 4.79 Å². The third-order valence-corrected chi connectivity index (χ3v) is 2.13. The Morgan fingerprint density at radius 1 is 1.88 bits per heavy atom. The molecular formula is C5H9NOS. The summed E-state index contributed by atoms with van der Waals surface area (Å²) in [6.07, 6.45) is 2.66. The van der Waals surface area contributed by atoms with E-state index in [1.807, 2.05) is 6.26 Å². The van der Waals surface area contributed by atoms with Crippen molar-refractivity contribution >= 4 is 17.5 Å². The number of Topliss-reactive ketones (excluding diaryl/α,β-unsaturated/α-hetero) is 1. The van der Waals surface area contributed by atoms with Gasteiger partial charge in [-0.05, 0) is 6.26 Å². The summed E-state index contributed by atoms with van der Waals surface area (Å²) in [5, 5.41) is 3.16. The normalized spacial score (nSPS) is 29.1. The lowest BCUT2D eigenvalue weighted by molar-refractivity contribution is -0.117. The molecule has 1 fully saturated rings. The molecule has 1 aliphatic rings. The molecule has 0 bridgehead atoms. The van der Waals surface area contributed by atoms with Gasteiger partial charge in [-0.2, -0.15) is 0 Å². The van der Waals surface area contributed by atoms with Crippen LogP contribution in [-0.4, -0.2) is 24.0 Å². The molecule has 0 aromatic carbocycles. The van der Waals surface area contributed by atoms with Gasteiger partial charge in [-0.3, -0.25) is 10.1 Å². The average Bonchev–Trinajstić information content (AvgIpc) is 2.14. The molecular weight excluding hydrogens is 122 g/mol. The van der Waals surface area contributed by atoms with Crippen LogP contribution in [-0.2, 0) is 4.79 Å². The molecule has 1 aliphatic heterocycles. The Morgan fingerprint density at radius 2 is 2.62 bits per heavy atom. The number of carbonyl (C=O) groups is 1. The van der Waals surface area contributed by atoms with Gasteiger partial charge in [0.25, 0.3) is 0 Å². The van der Waals surface area contributed by atoms with Crippen LogP contribution in [0.4, 0.5) is 0 Å². The standard InChI is InChI=1S/C5H9NOS/c1-8-5-4(7)2-3-6-5/h5-6H,2-3H2,1H3. The predicted molar refractivity (Wildman–Crippen MR) is 34.9 cm³/mol. The summed E-state index contributed by atoms with van der Waals surface area (Å²) in [7, 11) is 0. The van der Waals surface area contributed by atoms with Crippen molar-refractivity contribution in [3.8, 4) is 0 Å². The minimum atomic E-state index is 0.0926. The van der Waals surface area contributed by atoms with E-state index in [0.717, 1.165) is 6.54 Å². The van der Waals surface area contributed by atoms with E-state index in [2.05, 4.69) is 5.32 Å². The van der Waals surface area contributed by atoms with E-state index in [4.69, 9.17) is 0 Å². The molecule has 0 saturated carbocycles. The van der Waals surface area contributed by atoms with E-state index in [9.17, 15) is 4.79 Å². The summed E-state index contributed by atoms with van der Waals surface area (Å²) in [6, 6.07) is 0. The van der Waals surface area contributed by atoms with E-state index >= 15 is 0 Å². The first kappa shape index (κ1) is 6.11. The summed E-state index contributed by atoms with van der Waals surface area (Å²) in [5.74, 6) is 0.345. The lowest BCUT2D eigenvalue weighted by Crippen LogP contribution is -2.22. The van der Waals surface area contributed by atoms with E-state index in [0.29, 0.717) is 12.2 Å². The molecule has 1 saturated heterocycles. The highest BCUT2D eigenvalue weighted by Crippen LogP contribution is 2.10. The first-order valence-electron chi connectivity index (χ1n) is 2.63. The van der Waals surface area contributed by atoms with Crippen LogP contribution in [0.25, 0.3) is 0 Å². The summed E-state index contributed by atoms with van der Waals surface area (Å²) >= 11 is 1.58. The molecule has 1 rings (SSSR count). The molecule has 1 heterocycles. The van der Waals surface area contributed by atoms with Crippen molar-refractivity contribution in [2.24, 2.45) is 0 Å². The maximum absolute atomic E-state index is 10.7. The second-order valence-corrected chi connectivity index (χ2v) is 2.73. The van der Waals surface area contributed by atoms with E-state index in [1.54, 1.807) is 11.8 Å². The molecule has 1 atom stereocenters. The molecule has 46 valence electrons. The highest BCUT2D eigenvalue weighted by molar-refractivity contribution is 7.99. The summed E-state index contributed by atoms with van der Waals surface area (Å²) in [5.41, 5.74) is 0. The maximum Gasteiger partial charge on any atom is 0.161 e. The fourth-order valence-electron chi connectivity index (χ4n) is 0.786. The third kappa shape index (κ3) is 1.03. The molecule has 0 aliphatic carbocycles. The molecule has 0 aromatic rings. The second-order valence-electron chi connectivity index (χ2n) is 1.79. The van der Waals surface area contributed by atoms with Gasteiger partial charge < -0.3 is 0 Å². The Labute approximate surface area is 53.0 Å². The summed E-state index contributed by atoms with van der Waals surface area (Å²) in [4.78, 5) is 10.7. The van der Waals surface area contributed by atoms with Crippen molar-refractivity contribution in [3.63, 3.8) is 0 Å². The SMILES string of the molecule is CSC1NCCC1=O. The fourth-order valence-corrected chi connectivity index (χ4v) is 1.45. The Hall–Kier alpha value is -0.0200. The van der Waals surface area contributed by atoms with Crippen molar-refractivity contribution in [3.05, 3.63) is 0 Å². The Bertz CT molecular complexity index is 105. The van der Waals surface area contributed by atoms with Crippen LogP contribution in [0.3, 0.4) is 0 Å². The number of thioether (sulfide) groups is 1. The van der Waals surface area contributed by atoms with Crippen molar-refractivity contribution in [1.82, 2.24) is 5.32 Å². The van der Waals surface area contributed by atoms with Gasteiger partial charge in [0.05, 0.1) is 0 Å². The van der Waals surface area contributed by atoms with E-state index in [-0.39, 0.29) is 5.37 Å². The van der Waals surface area contributed by atoms with Crippen LogP contribution in [0.15, 0.2) is 0 Å². The van der Waals surface area contributed by atoms with Gasteiger partial charge in [-0.15, -0.1) is 11.8 Å². The molecule has 1 unspecified atom stereocenters. The lowest BCUT2D eigenvalue weighted by atomic mass is 10.4. The zero-order valence-electron chi connectivity index (χ0n) is 4.81. The van der Waals surface area contributed by atoms with Crippen LogP contribution >= 0.6 is 11.8 Å². The van der Waals surface area contributed by atoms with Crippen molar-refractivity contribution in [2.45, 2.75) is 11.8 Å².